The Labute approximate surface area is 172 Å². The summed E-state index contributed by atoms with van der Waals surface area (Å²) in [7, 11) is 1.55. The van der Waals surface area contributed by atoms with Crippen LogP contribution in [0.15, 0.2) is 64.3 Å². The number of hydrogen-bond acceptors (Lipinski definition) is 6. The van der Waals surface area contributed by atoms with E-state index in [0.29, 0.717) is 29.1 Å². The first kappa shape index (κ1) is 19.4. The van der Waals surface area contributed by atoms with Crippen LogP contribution in [0, 0.1) is 6.92 Å². The van der Waals surface area contributed by atoms with Crippen LogP contribution >= 0.6 is 0 Å². The summed E-state index contributed by atoms with van der Waals surface area (Å²) >= 11 is 0. The molecule has 2 heterocycles. The van der Waals surface area contributed by atoms with Crippen molar-refractivity contribution in [3.8, 4) is 5.75 Å². The third kappa shape index (κ3) is 4.07. The van der Waals surface area contributed by atoms with E-state index in [2.05, 4.69) is 15.4 Å². The lowest BCUT2D eigenvalue weighted by molar-refractivity contribution is -0.115. The fraction of sp³-hybridized carbons (Fsp3) is 0.182. The minimum atomic E-state index is -0.522. The van der Waals surface area contributed by atoms with Gasteiger partial charge in [0.15, 0.2) is 0 Å². The molecule has 0 aliphatic rings. The molecule has 0 unspecified atom stereocenters. The first-order chi connectivity index (χ1) is 14.5. The number of carbonyl (C=O) groups excluding carboxylic acids is 1. The molecule has 1 N–H and O–H groups in total. The molecule has 0 atom stereocenters. The predicted octanol–water partition coefficient (Wildman–Crippen LogP) is 2.93. The number of hydrogen-bond donors (Lipinski definition) is 1. The summed E-state index contributed by atoms with van der Waals surface area (Å²) < 4.78 is 12.3. The Bertz CT molecular complexity index is 1240. The van der Waals surface area contributed by atoms with E-state index in [1.165, 1.54) is 6.33 Å². The van der Waals surface area contributed by atoms with E-state index in [-0.39, 0.29) is 12.3 Å². The maximum absolute atomic E-state index is 12.5. The normalized spacial score (nSPS) is 10.9. The first-order valence-electron chi connectivity index (χ1n) is 9.35. The van der Waals surface area contributed by atoms with Crippen molar-refractivity contribution in [1.82, 2.24) is 14.8 Å². The monoisotopic (exact) mass is 404 g/mol. The molecule has 0 aliphatic carbocycles. The van der Waals surface area contributed by atoms with Gasteiger partial charge >= 0.3 is 5.63 Å². The molecule has 2 aromatic heterocycles. The Balaban J connectivity index is 1.48. The zero-order valence-corrected chi connectivity index (χ0v) is 16.6. The first-order valence-corrected chi connectivity index (χ1v) is 9.35. The molecule has 0 saturated carbocycles. The van der Waals surface area contributed by atoms with Crippen molar-refractivity contribution >= 4 is 22.6 Å². The summed E-state index contributed by atoms with van der Waals surface area (Å²) in [6.07, 6.45) is 3.05. The molecule has 0 bridgehead atoms. The lowest BCUT2D eigenvalue weighted by Gasteiger charge is -2.10. The van der Waals surface area contributed by atoms with Crippen molar-refractivity contribution < 1.29 is 13.9 Å². The predicted molar refractivity (Wildman–Crippen MR) is 112 cm³/mol. The SMILES string of the molecule is COc1ccc2c(C)c(CC(=O)Nc3ccc(Cn4cncn4)cc3)c(=O)oc2c1. The molecule has 2 aromatic carbocycles. The number of anilines is 1. The molecular formula is C22H20N4O4. The molecular weight excluding hydrogens is 384 g/mol. The van der Waals surface area contributed by atoms with Crippen LogP contribution in [0.4, 0.5) is 5.69 Å². The highest BCUT2D eigenvalue weighted by molar-refractivity contribution is 5.93. The topological polar surface area (TPSA) is 99.2 Å². The minimum Gasteiger partial charge on any atom is -0.497 e. The summed E-state index contributed by atoms with van der Waals surface area (Å²) in [5, 5.41) is 7.66. The number of ether oxygens (including phenoxy) is 1. The van der Waals surface area contributed by atoms with E-state index in [1.54, 1.807) is 30.3 Å². The number of nitrogens with one attached hydrogen (secondary N) is 1. The summed E-state index contributed by atoms with van der Waals surface area (Å²) in [6.45, 7) is 2.41. The van der Waals surface area contributed by atoms with Gasteiger partial charge in [0.05, 0.1) is 25.6 Å². The molecule has 0 spiro atoms. The van der Waals surface area contributed by atoms with E-state index in [1.807, 2.05) is 37.3 Å². The van der Waals surface area contributed by atoms with Gasteiger partial charge < -0.3 is 14.5 Å². The molecule has 0 fully saturated rings. The number of carbonyl (C=O) groups is 1. The van der Waals surface area contributed by atoms with Gasteiger partial charge in [-0.25, -0.2) is 14.5 Å². The number of fused-ring (bicyclic) bond motifs is 1. The number of methoxy groups -OCH3 is 1. The van der Waals surface area contributed by atoms with Crippen LogP contribution in [0.25, 0.3) is 11.0 Å². The van der Waals surface area contributed by atoms with Gasteiger partial charge in [-0.1, -0.05) is 12.1 Å². The minimum absolute atomic E-state index is 0.0726. The molecule has 30 heavy (non-hydrogen) atoms. The molecule has 8 heteroatoms. The fourth-order valence-electron chi connectivity index (χ4n) is 3.27. The van der Waals surface area contributed by atoms with Gasteiger partial charge in [0.1, 0.15) is 24.0 Å². The van der Waals surface area contributed by atoms with Crippen molar-refractivity contribution in [1.29, 1.82) is 0 Å². The summed E-state index contributed by atoms with van der Waals surface area (Å²) in [5.74, 6) is 0.310. The van der Waals surface area contributed by atoms with Gasteiger partial charge in [-0.05, 0) is 42.3 Å². The lowest BCUT2D eigenvalue weighted by Crippen LogP contribution is -2.20. The molecule has 0 saturated heterocycles. The molecule has 0 radical (unpaired) electrons. The zero-order valence-electron chi connectivity index (χ0n) is 16.6. The highest BCUT2D eigenvalue weighted by Crippen LogP contribution is 2.24. The smallest absolute Gasteiger partial charge is 0.340 e. The van der Waals surface area contributed by atoms with Crippen molar-refractivity contribution in [3.05, 3.63) is 82.2 Å². The summed E-state index contributed by atoms with van der Waals surface area (Å²) in [5.41, 5.74) is 2.65. The Morgan fingerprint density at radius 2 is 2.00 bits per heavy atom. The third-order valence-corrected chi connectivity index (χ3v) is 4.88. The van der Waals surface area contributed by atoms with E-state index < -0.39 is 5.63 Å². The number of rotatable bonds is 6. The second kappa shape index (κ2) is 8.20. The summed E-state index contributed by atoms with van der Waals surface area (Å²) in [6, 6.07) is 12.7. The fourth-order valence-corrected chi connectivity index (χ4v) is 3.27. The maximum atomic E-state index is 12.5. The molecule has 152 valence electrons. The quantitative estimate of drug-likeness (QED) is 0.496. The summed E-state index contributed by atoms with van der Waals surface area (Å²) in [4.78, 5) is 28.9. The molecule has 8 nitrogen and oxygen atoms in total. The highest BCUT2D eigenvalue weighted by atomic mass is 16.5. The van der Waals surface area contributed by atoms with E-state index in [4.69, 9.17) is 9.15 Å². The number of amides is 1. The average Bonchev–Trinajstić information content (AvgIpc) is 3.25. The molecule has 4 rings (SSSR count). The van der Waals surface area contributed by atoms with Gasteiger partial charge in [0.2, 0.25) is 5.91 Å². The number of aryl methyl sites for hydroxylation is 1. The van der Waals surface area contributed by atoms with Crippen LogP contribution < -0.4 is 15.7 Å². The average molecular weight is 404 g/mol. The van der Waals surface area contributed by atoms with Crippen molar-refractivity contribution in [2.75, 3.05) is 12.4 Å². The Hall–Kier alpha value is -3.94. The second-order valence-electron chi connectivity index (χ2n) is 6.87. The van der Waals surface area contributed by atoms with Crippen LogP contribution in [0.3, 0.4) is 0 Å². The standard InChI is InChI=1S/C22H20N4O4/c1-14-18-8-7-17(29-2)9-20(18)30-22(28)19(14)10-21(27)25-16-5-3-15(4-6-16)11-26-13-23-12-24-26/h3-9,12-13H,10-11H2,1-2H3,(H,25,27). The maximum Gasteiger partial charge on any atom is 0.340 e. The van der Waals surface area contributed by atoms with Crippen molar-refractivity contribution in [3.63, 3.8) is 0 Å². The number of benzene rings is 2. The van der Waals surface area contributed by atoms with Crippen LogP contribution in [0.5, 0.6) is 5.75 Å². The van der Waals surface area contributed by atoms with Gasteiger partial charge in [-0.3, -0.25) is 4.79 Å². The number of nitrogens with zero attached hydrogens (tertiary/aromatic N) is 3. The van der Waals surface area contributed by atoms with Gasteiger partial charge in [-0.15, -0.1) is 0 Å². The van der Waals surface area contributed by atoms with Gasteiger partial charge in [0, 0.05) is 17.1 Å². The number of aromatic nitrogens is 3. The largest absolute Gasteiger partial charge is 0.497 e. The van der Waals surface area contributed by atoms with Gasteiger partial charge in [-0.2, -0.15) is 5.10 Å². The van der Waals surface area contributed by atoms with Gasteiger partial charge in [0.25, 0.3) is 0 Å². The molecule has 1 amide bonds. The van der Waals surface area contributed by atoms with Crippen LogP contribution in [-0.4, -0.2) is 27.8 Å². The van der Waals surface area contributed by atoms with E-state index >= 15 is 0 Å². The molecule has 0 aliphatic heterocycles. The third-order valence-electron chi connectivity index (χ3n) is 4.88. The molecule has 4 aromatic rings. The van der Waals surface area contributed by atoms with Crippen molar-refractivity contribution in [2.24, 2.45) is 0 Å². The second-order valence-corrected chi connectivity index (χ2v) is 6.87. The zero-order chi connectivity index (χ0) is 21.1. The van der Waals surface area contributed by atoms with Crippen LogP contribution in [-0.2, 0) is 17.8 Å². The van der Waals surface area contributed by atoms with Crippen LogP contribution in [0.2, 0.25) is 0 Å². The highest BCUT2D eigenvalue weighted by Gasteiger charge is 2.15. The Kier molecular flexibility index (Phi) is 5.30. The van der Waals surface area contributed by atoms with Crippen molar-refractivity contribution in [2.45, 2.75) is 19.9 Å². The van der Waals surface area contributed by atoms with E-state index in [9.17, 15) is 9.59 Å². The van der Waals surface area contributed by atoms with E-state index in [0.717, 1.165) is 16.5 Å². The Morgan fingerprint density at radius 1 is 1.20 bits per heavy atom. The lowest BCUT2D eigenvalue weighted by atomic mass is 10.0. The van der Waals surface area contributed by atoms with Crippen LogP contribution in [0.1, 0.15) is 16.7 Å². The Morgan fingerprint density at radius 3 is 2.70 bits per heavy atom.